The molecule has 3 aromatic rings. The molecule has 0 fully saturated rings. The van der Waals surface area contributed by atoms with E-state index in [4.69, 9.17) is 0 Å². The second kappa shape index (κ2) is 6.76. The molecular weight excluding hydrogens is 316 g/mol. The Hall–Kier alpha value is -3.15. The summed E-state index contributed by atoms with van der Waals surface area (Å²) < 4.78 is 1.51. The van der Waals surface area contributed by atoms with Crippen molar-refractivity contribution in [2.75, 3.05) is 24.3 Å². The number of hydrogen-bond donors (Lipinski definition) is 1. The van der Waals surface area contributed by atoms with Gasteiger partial charge in [-0.15, -0.1) is 0 Å². The molecule has 0 saturated carbocycles. The van der Waals surface area contributed by atoms with Gasteiger partial charge in [-0.3, -0.25) is 14.2 Å². The average Bonchev–Trinajstić information content (AvgIpc) is 2.61. The molecule has 1 aromatic carbocycles. The maximum atomic E-state index is 12.6. The molecule has 6 heteroatoms. The minimum Gasteiger partial charge on any atom is -0.378 e. The van der Waals surface area contributed by atoms with Crippen molar-refractivity contribution >= 4 is 28.3 Å². The van der Waals surface area contributed by atoms with Gasteiger partial charge in [-0.1, -0.05) is 0 Å². The third kappa shape index (κ3) is 3.24. The Morgan fingerprint density at radius 3 is 2.56 bits per heavy atom. The van der Waals surface area contributed by atoms with Crippen molar-refractivity contribution < 1.29 is 4.79 Å². The molecule has 0 aliphatic heterocycles. The predicted molar refractivity (Wildman–Crippen MR) is 100 cm³/mol. The Bertz CT molecular complexity index is 975. The van der Waals surface area contributed by atoms with Crippen molar-refractivity contribution in [1.29, 1.82) is 0 Å². The summed E-state index contributed by atoms with van der Waals surface area (Å²) in [6.45, 7) is 2.31. The zero-order valence-corrected chi connectivity index (χ0v) is 14.5. The molecule has 1 N–H and O–H groups in total. The van der Waals surface area contributed by atoms with Crippen molar-refractivity contribution in [3.63, 3.8) is 0 Å². The SMILES string of the molecule is CCn1c(=O)c(C(=O)Nc2ccc(N(C)C)cc2)cc2cccnc21. The summed E-state index contributed by atoms with van der Waals surface area (Å²) >= 11 is 0. The van der Waals surface area contributed by atoms with Gasteiger partial charge in [0, 0.05) is 43.6 Å². The number of fused-ring (bicyclic) bond motifs is 1. The van der Waals surface area contributed by atoms with Gasteiger partial charge in [-0.05, 0) is 49.4 Å². The van der Waals surface area contributed by atoms with E-state index in [0.29, 0.717) is 17.9 Å². The van der Waals surface area contributed by atoms with Crippen molar-refractivity contribution in [3.8, 4) is 0 Å². The smallest absolute Gasteiger partial charge is 0.265 e. The maximum absolute atomic E-state index is 12.6. The van der Waals surface area contributed by atoms with Crippen LogP contribution in [0.5, 0.6) is 0 Å². The highest BCUT2D eigenvalue weighted by molar-refractivity contribution is 6.05. The van der Waals surface area contributed by atoms with Gasteiger partial charge in [0.2, 0.25) is 0 Å². The number of nitrogens with zero attached hydrogens (tertiary/aromatic N) is 3. The van der Waals surface area contributed by atoms with Crippen LogP contribution in [0.1, 0.15) is 17.3 Å². The lowest BCUT2D eigenvalue weighted by Crippen LogP contribution is -2.29. The van der Waals surface area contributed by atoms with Gasteiger partial charge in [0.05, 0.1) is 0 Å². The van der Waals surface area contributed by atoms with Crippen LogP contribution in [0, 0.1) is 0 Å². The van der Waals surface area contributed by atoms with Crippen molar-refractivity contribution in [1.82, 2.24) is 9.55 Å². The van der Waals surface area contributed by atoms with Crippen molar-refractivity contribution in [3.05, 3.63) is 64.6 Å². The Morgan fingerprint density at radius 2 is 1.92 bits per heavy atom. The molecule has 6 nitrogen and oxygen atoms in total. The zero-order chi connectivity index (χ0) is 18.0. The van der Waals surface area contributed by atoms with E-state index in [1.54, 1.807) is 18.3 Å². The number of aryl methyl sites for hydroxylation is 1. The van der Waals surface area contributed by atoms with Crippen LogP contribution in [0.3, 0.4) is 0 Å². The van der Waals surface area contributed by atoms with Gasteiger partial charge in [0.25, 0.3) is 11.5 Å². The number of carbonyl (C=O) groups is 1. The van der Waals surface area contributed by atoms with Crippen LogP contribution in [0.15, 0.2) is 53.5 Å². The molecule has 1 amide bonds. The maximum Gasteiger partial charge on any atom is 0.265 e. The minimum absolute atomic E-state index is 0.110. The highest BCUT2D eigenvalue weighted by Gasteiger charge is 2.15. The first kappa shape index (κ1) is 16.7. The number of amides is 1. The first-order valence-electron chi connectivity index (χ1n) is 8.08. The van der Waals surface area contributed by atoms with Crippen LogP contribution in [0.2, 0.25) is 0 Å². The summed E-state index contributed by atoms with van der Waals surface area (Å²) in [7, 11) is 3.90. The normalized spacial score (nSPS) is 10.7. The second-order valence-electron chi connectivity index (χ2n) is 5.92. The lowest BCUT2D eigenvalue weighted by molar-refractivity contribution is 0.102. The highest BCUT2D eigenvalue weighted by atomic mass is 16.2. The van der Waals surface area contributed by atoms with E-state index < -0.39 is 5.91 Å². The largest absolute Gasteiger partial charge is 0.378 e. The van der Waals surface area contributed by atoms with Crippen LogP contribution < -0.4 is 15.8 Å². The van der Waals surface area contributed by atoms with Crippen molar-refractivity contribution in [2.45, 2.75) is 13.5 Å². The monoisotopic (exact) mass is 336 g/mol. The van der Waals surface area contributed by atoms with Gasteiger partial charge >= 0.3 is 0 Å². The van der Waals surface area contributed by atoms with Gasteiger partial charge in [0.15, 0.2) is 0 Å². The standard InChI is InChI=1S/C19H20N4O2/c1-4-23-17-13(6-5-11-20-17)12-16(19(23)25)18(24)21-14-7-9-15(10-8-14)22(2)3/h5-12H,4H2,1-3H3,(H,21,24). The van der Waals surface area contributed by atoms with Crippen molar-refractivity contribution in [2.24, 2.45) is 0 Å². The van der Waals surface area contributed by atoms with E-state index in [2.05, 4.69) is 10.3 Å². The van der Waals surface area contributed by atoms with Gasteiger partial charge in [-0.2, -0.15) is 0 Å². The molecule has 0 aliphatic carbocycles. The Kier molecular flexibility index (Phi) is 4.52. The van der Waals surface area contributed by atoms with E-state index >= 15 is 0 Å². The molecule has 0 saturated heterocycles. The van der Waals surface area contributed by atoms with Gasteiger partial charge < -0.3 is 10.2 Å². The molecule has 3 rings (SSSR count). The number of pyridine rings is 2. The number of aromatic nitrogens is 2. The summed E-state index contributed by atoms with van der Waals surface area (Å²) in [5, 5.41) is 3.55. The van der Waals surface area contributed by atoms with Crippen LogP contribution in [-0.4, -0.2) is 29.6 Å². The third-order valence-electron chi connectivity index (χ3n) is 4.05. The molecular formula is C19H20N4O2. The molecule has 128 valence electrons. The number of benzene rings is 1. The molecule has 0 atom stereocenters. The Labute approximate surface area is 145 Å². The Balaban J connectivity index is 1.97. The predicted octanol–water partition coefficient (Wildman–Crippen LogP) is 2.73. The molecule has 2 heterocycles. The topological polar surface area (TPSA) is 67.2 Å². The second-order valence-corrected chi connectivity index (χ2v) is 5.92. The first-order valence-corrected chi connectivity index (χ1v) is 8.08. The molecule has 0 aliphatic rings. The lowest BCUT2D eigenvalue weighted by atomic mass is 10.2. The summed E-state index contributed by atoms with van der Waals surface area (Å²) in [6.07, 6.45) is 1.64. The number of anilines is 2. The summed E-state index contributed by atoms with van der Waals surface area (Å²) in [5.41, 5.74) is 2.03. The number of nitrogens with one attached hydrogen (secondary N) is 1. The number of hydrogen-bond acceptors (Lipinski definition) is 4. The third-order valence-corrected chi connectivity index (χ3v) is 4.05. The van der Waals surface area contributed by atoms with E-state index in [9.17, 15) is 9.59 Å². The fourth-order valence-electron chi connectivity index (χ4n) is 2.70. The van der Waals surface area contributed by atoms with Gasteiger partial charge in [-0.25, -0.2) is 4.98 Å². The average molecular weight is 336 g/mol. The zero-order valence-electron chi connectivity index (χ0n) is 14.5. The summed E-state index contributed by atoms with van der Waals surface area (Å²) in [6, 6.07) is 12.7. The number of rotatable bonds is 4. The minimum atomic E-state index is -0.421. The fourth-order valence-corrected chi connectivity index (χ4v) is 2.70. The van der Waals surface area contributed by atoms with Gasteiger partial charge in [0.1, 0.15) is 11.2 Å². The lowest BCUT2D eigenvalue weighted by Gasteiger charge is -2.13. The van der Waals surface area contributed by atoms with E-state index in [1.807, 2.05) is 56.3 Å². The molecule has 2 aromatic heterocycles. The number of carbonyl (C=O) groups excluding carboxylic acids is 1. The molecule has 0 radical (unpaired) electrons. The first-order chi connectivity index (χ1) is 12.0. The van der Waals surface area contributed by atoms with E-state index in [0.717, 1.165) is 11.1 Å². The fraction of sp³-hybridized carbons (Fsp3) is 0.211. The Morgan fingerprint density at radius 1 is 1.20 bits per heavy atom. The molecule has 0 bridgehead atoms. The molecule has 25 heavy (non-hydrogen) atoms. The highest BCUT2D eigenvalue weighted by Crippen LogP contribution is 2.17. The molecule has 0 spiro atoms. The van der Waals surface area contributed by atoms with Crippen LogP contribution in [0.4, 0.5) is 11.4 Å². The van der Waals surface area contributed by atoms with Crippen LogP contribution >= 0.6 is 0 Å². The summed E-state index contributed by atoms with van der Waals surface area (Å²) in [5.74, 6) is -0.421. The van der Waals surface area contributed by atoms with E-state index in [-0.39, 0.29) is 11.1 Å². The summed E-state index contributed by atoms with van der Waals surface area (Å²) in [4.78, 5) is 31.5. The quantitative estimate of drug-likeness (QED) is 0.795. The van der Waals surface area contributed by atoms with Crippen LogP contribution in [-0.2, 0) is 6.54 Å². The molecule has 0 unspecified atom stereocenters. The van der Waals surface area contributed by atoms with E-state index in [1.165, 1.54) is 4.57 Å². The van der Waals surface area contributed by atoms with Crippen LogP contribution in [0.25, 0.3) is 11.0 Å².